The fraction of sp³-hybridized carbons (Fsp3) is 0.235. The normalized spacial score (nSPS) is 12.0. The van der Waals surface area contributed by atoms with Gasteiger partial charge in [0, 0.05) is 10.0 Å². The molecule has 0 unspecified atom stereocenters. The fourth-order valence-electron chi connectivity index (χ4n) is 2.35. The number of halogens is 4. The van der Waals surface area contributed by atoms with Crippen LogP contribution in [-0.2, 0) is 10.9 Å². The molecule has 136 valence electrons. The first-order chi connectivity index (χ1) is 12.2. The van der Waals surface area contributed by atoms with E-state index in [1.807, 2.05) is 0 Å². The van der Waals surface area contributed by atoms with E-state index >= 15 is 0 Å². The van der Waals surface area contributed by atoms with Crippen molar-refractivity contribution in [2.24, 2.45) is 0 Å². The maximum absolute atomic E-state index is 13.5. The van der Waals surface area contributed by atoms with E-state index in [0.29, 0.717) is 10.1 Å². The molecule has 2 aromatic heterocycles. The Morgan fingerprint density at radius 3 is 2.46 bits per heavy atom. The molecule has 3 rings (SSSR count). The van der Waals surface area contributed by atoms with Crippen LogP contribution in [0.3, 0.4) is 0 Å². The minimum Gasteiger partial charge on any atom is -0.459 e. The van der Waals surface area contributed by atoms with Gasteiger partial charge < -0.3 is 4.74 Å². The van der Waals surface area contributed by atoms with E-state index in [0.717, 1.165) is 16.7 Å². The molecule has 0 atom stereocenters. The number of hydrogen-bond acceptors (Lipinski definition) is 4. The first-order valence-electron chi connectivity index (χ1n) is 7.59. The van der Waals surface area contributed by atoms with Gasteiger partial charge in [-0.15, -0.1) is 0 Å². The SMILES string of the molecule is CC(C)OC(=O)c1cnn2c(C(F)(F)F)cc(-c3ccc(Br)cc3)nc12. The molecule has 0 aliphatic carbocycles. The Labute approximate surface area is 154 Å². The predicted molar refractivity (Wildman–Crippen MR) is 91.7 cm³/mol. The molecule has 2 heterocycles. The molecule has 0 N–H and O–H groups in total. The van der Waals surface area contributed by atoms with E-state index in [1.165, 1.54) is 0 Å². The Bertz CT molecular complexity index is 966. The van der Waals surface area contributed by atoms with Crippen LogP contribution in [-0.4, -0.2) is 26.7 Å². The Balaban J connectivity index is 2.24. The number of carbonyl (C=O) groups excluding carboxylic acids is 1. The van der Waals surface area contributed by atoms with E-state index in [-0.39, 0.29) is 16.9 Å². The first kappa shape index (κ1) is 18.4. The molecule has 5 nitrogen and oxygen atoms in total. The number of carbonyl (C=O) groups is 1. The third-order valence-corrected chi connectivity index (χ3v) is 3.99. The van der Waals surface area contributed by atoms with Crippen LogP contribution < -0.4 is 0 Å². The number of aromatic nitrogens is 3. The number of esters is 1. The van der Waals surface area contributed by atoms with Gasteiger partial charge in [0.05, 0.1) is 18.0 Å². The second-order valence-corrected chi connectivity index (χ2v) is 6.69. The molecular weight excluding hydrogens is 415 g/mol. The molecule has 0 bridgehead atoms. The van der Waals surface area contributed by atoms with Crippen LogP contribution in [0.1, 0.15) is 29.9 Å². The van der Waals surface area contributed by atoms with E-state index in [2.05, 4.69) is 26.0 Å². The third-order valence-electron chi connectivity index (χ3n) is 3.46. The van der Waals surface area contributed by atoms with Crippen molar-refractivity contribution in [1.29, 1.82) is 0 Å². The van der Waals surface area contributed by atoms with Gasteiger partial charge in [-0.1, -0.05) is 28.1 Å². The van der Waals surface area contributed by atoms with Crippen molar-refractivity contribution in [3.8, 4) is 11.3 Å². The van der Waals surface area contributed by atoms with Crippen molar-refractivity contribution >= 4 is 27.5 Å². The van der Waals surface area contributed by atoms with Crippen LogP contribution in [0.25, 0.3) is 16.9 Å². The van der Waals surface area contributed by atoms with Gasteiger partial charge in [0.15, 0.2) is 11.3 Å². The second-order valence-electron chi connectivity index (χ2n) is 5.78. The van der Waals surface area contributed by atoms with Crippen molar-refractivity contribution in [3.63, 3.8) is 0 Å². The highest BCUT2D eigenvalue weighted by Gasteiger charge is 2.36. The van der Waals surface area contributed by atoms with Gasteiger partial charge in [-0.3, -0.25) is 0 Å². The highest BCUT2D eigenvalue weighted by Crippen LogP contribution is 2.33. The molecule has 0 radical (unpaired) electrons. The zero-order valence-electron chi connectivity index (χ0n) is 13.7. The van der Waals surface area contributed by atoms with Gasteiger partial charge in [0.1, 0.15) is 5.56 Å². The summed E-state index contributed by atoms with van der Waals surface area (Å²) in [5, 5.41) is 3.69. The number of ether oxygens (including phenoxy) is 1. The van der Waals surface area contributed by atoms with Crippen LogP contribution in [0.15, 0.2) is 41.0 Å². The molecule has 1 aromatic carbocycles. The average molecular weight is 428 g/mol. The molecule has 3 aromatic rings. The van der Waals surface area contributed by atoms with Crippen LogP contribution in [0.4, 0.5) is 13.2 Å². The Morgan fingerprint density at radius 1 is 1.23 bits per heavy atom. The zero-order valence-corrected chi connectivity index (χ0v) is 15.3. The summed E-state index contributed by atoms with van der Waals surface area (Å²) in [6.45, 7) is 3.29. The zero-order chi connectivity index (χ0) is 19.1. The smallest absolute Gasteiger partial charge is 0.433 e. The van der Waals surface area contributed by atoms with Crippen LogP contribution in [0, 0.1) is 0 Å². The van der Waals surface area contributed by atoms with Crippen molar-refractivity contribution in [2.45, 2.75) is 26.1 Å². The molecule has 0 aliphatic rings. The van der Waals surface area contributed by atoms with Gasteiger partial charge in [-0.05, 0) is 32.0 Å². The lowest BCUT2D eigenvalue weighted by Crippen LogP contribution is -2.15. The average Bonchev–Trinajstić information content (AvgIpc) is 2.97. The lowest BCUT2D eigenvalue weighted by molar-refractivity contribution is -0.142. The summed E-state index contributed by atoms with van der Waals surface area (Å²) >= 11 is 3.28. The summed E-state index contributed by atoms with van der Waals surface area (Å²) in [6, 6.07) is 7.55. The third kappa shape index (κ3) is 3.57. The monoisotopic (exact) mass is 427 g/mol. The van der Waals surface area contributed by atoms with Gasteiger partial charge >= 0.3 is 12.1 Å². The number of hydrogen-bond donors (Lipinski definition) is 0. The number of rotatable bonds is 3. The first-order valence-corrected chi connectivity index (χ1v) is 8.39. The lowest BCUT2D eigenvalue weighted by atomic mass is 10.1. The van der Waals surface area contributed by atoms with Crippen LogP contribution >= 0.6 is 15.9 Å². The number of alkyl halides is 3. The van der Waals surface area contributed by atoms with E-state index < -0.39 is 23.9 Å². The maximum atomic E-state index is 13.5. The summed E-state index contributed by atoms with van der Waals surface area (Å²) in [5.41, 5.74) is -0.794. The van der Waals surface area contributed by atoms with Crippen molar-refractivity contribution in [2.75, 3.05) is 0 Å². The van der Waals surface area contributed by atoms with Crippen LogP contribution in [0.5, 0.6) is 0 Å². The van der Waals surface area contributed by atoms with E-state index in [1.54, 1.807) is 38.1 Å². The minimum atomic E-state index is -4.67. The summed E-state index contributed by atoms with van der Waals surface area (Å²) < 4.78 is 46.9. The molecule has 26 heavy (non-hydrogen) atoms. The molecule has 9 heteroatoms. The lowest BCUT2D eigenvalue weighted by Gasteiger charge is -2.12. The van der Waals surface area contributed by atoms with Crippen molar-refractivity contribution in [1.82, 2.24) is 14.6 Å². The Morgan fingerprint density at radius 2 is 1.88 bits per heavy atom. The number of benzene rings is 1. The fourth-order valence-corrected chi connectivity index (χ4v) is 2.62. The van der Waals surface area contributed by atoms with Gasteiger partial charge in [-0.25, -0.2) is 14.3 Å². The molecular formula is C17H13BrF3N3O2. The predicted octanol–water partition coefficient (Wildman–Crippen LogP) is 4.74. The molecule has 0 amide bonds. The van der Waals surface area contributed by atoms with Gasteiger partial charge in [-0.2, -0.15) is 18.3 Å². The summed E-state index contributed by atoms with van der Waals surface area (Å²) in [6.07, 6.45) is -4.06. The molecule has 0 fully saturated rings. The highest BCUT2D eigenvalue weighted by atomic mass is 79.9. The van der Waals surface area contributed by atoms with Crippen molar-refractivity contribution < 1.29 is 22.7 Å². The number of nitrogens with zero attached hydrogens (tertiary/aromatic N) is 3. The quantitative estimate of drug-likeness (QED) is 0.566. The molecule has 0 saturated heterocycles. The maximum Gasteiger partial charge on any atom is 0.433 e. The van der Waals surface area contributed by atoms with Gasteiger partial charge in [0.25, 0.3) is 0 Å². The van der Waals surface area contributed by atoms with E-state index in [4.69, 9.17) is 4.74 Å². The minimum absolute atomic E-state index is 0.0800. The molecule has 0 spiro atoms. The van der Waals surface area contributed by atoms with Crippen LogP contribution in [0.2, 0.25) is 0 Å². The molecule has 0 saturated carbocycles. The van der Waals surface area contributed by atoms with E-state index in [9.17, 15) is 18.0 Å². The highest BCUT2D eigenvalue weighted by molar-refractivity contribution is 9.10. The summed E-state index contributed by atoms with van der Waals surface area (Å²) in [5.74, 6) is -0.774. The van der Waals surface area contributed by atoms with Crippen molar-refractivity contribution in [3.05, 3.63) is 52.3 Å². The Kier molecular flexibility index (Phi) is 4.74. The summed E-state index contributed by atoms with van der Waals surface area (Å²) in [4.78, 5) is 16.4. The molecule has 0 aliphatic heterocycles. The second kappa shape index (κ2) is 6.71. The Hall–Kier alpha value is -2.42. The number of fused-ring (bicyclic) bond motifs is 1. The largest absolute Gasteiger partial charge is 0.459 e. The summed E-state index contributed by atoms with van der Waals surface area (Å²) in [7, 11) is 0. The standard InChI is InChI=1S/C17H13BrF3N3O2/c1-9(2)26-16(25)12-8-22-24-14(17(19,20)21)7-13(23-15(12)24)10-3-5-11(18)6-4-10/h3-9H,1-2H3. The van der Waals surface area contributed by atoms with Gasteiger partial charge in [0.2, 0.25) is 0 Å². The topological polar surface area (TPSA) is 56.5 Å².